The SMILES string of the molecule is CCCC1(CC(=O)Nc2ncccc2O)OCCO1. The minimum atomic E-state index is -0.830. The largest absolute Gasteiger partial charge is 0.504 e. The summed E-state index contributed by atoms with van der Waals surface area (Å²) in [5.74, 6) is -1.03. The molecule has 2 rings (SSSR count). The van der Waals surface area contributed by atoms with Gasteiger partial charge in [-0.1, -0.05) is 13.3 Å². The van der Waals surface area contributed by atoms with Gasteiger partial charge in [0.1, 0.15) is 0 Å². The maximum absolute atomic E-state index is 12.0. The van der Waals surface area contributed by atoms with E-state index >= 15 is 0 Å². The average Bonchev–Trinajstić information content (AvgIpc) is 2.81. The maximum Gasteiger partial charge on any atom is 0.231 e. The number of ether oxygens (including phenoxy) is 2. The van der Waals surface area contributed by atoms with Crippen LogP contribution < -0.4 is 5.32 Å². The number of nitrogens with one attached hydrogen (secondary N) is 1. The third-order valence-electron chi connectivity index (χ3n) is 2.92. The summed E-state index contributed by atoms with van der Waals surface area (Å²) >= 11 is 0. The molecule has 0 saturated carbocycles. The molecule has 0 bridgehead atoms. The van der Waals surface area contributed by atoms with Crippen LogP contribution in [0.2, 0.25) is 0 Å². The molecular formula is C13H18N2O4. The van der Waals surface area contributed by atoms with E-state index in [1.807, 2.05) is 6.92 Å². The van der Waals surface area contributed by atoms with Crippen LogP contribution in [0.5, 0.6) is 5.75 Å². The third kappa shape index (κ3) is 3.42. The molecule has 19 heavy (non-hydrogen) atoms. The number of hydrogen-bond acceptors (Lipinski definition) is 5. The second-order valence-electron chi connectivity index (χ2n) is 4.45. The smallest absolute Gasteiger partial charge is 0.231 e. The van der Waals surface area contributed by atoms with Crippen LogP contribution in [0.1, 0.15) is 26.2 Å². The van der Waals surface area contributed by atoms with Crippen LogP contribution in [0.25, 0.3) is 0 Å². The lowest BCUT2D eigenvalue weighted by atomic mass is 10.1. The van der Waals surface area contributed by atoms with Crippen LogP contribution in [0.4, 0.5) is 5.82 Å². The topological polar surface area (TPSA) is 80.7 Å². The van der Waals surface area contributed by atoms with Gasteiger partial charge in [-0.2, -0.15) is 0 Å². The highest BCUT2D eigenvalue weighted by Gasteiger charge is 2.38. The van der Waals surface area contributed by atoms with E-state index < -0.39 is 5.79 Å². The van der Waals surface area contributed by atoms with Crippen molar-refractivity contribution >= 4 is 11.7 Å². The summed E-state index contributed by atoms with van der Waals surface area (Å²) in [5.41, 5.74) is 0. The first-order valence-electron chi connectivity index (χ1n) is 6.37. The highest BCUT2D eigenvalue weighted by atomic mass is 16.7. The molecule has 2 heterocycles. The number of carbonyl (C=O) groups excluding carboxylic acids is 1. The molecule has 1 aliphatic rings. The zero-order chi connectivity index (χ0) is 13.7. The van der Waals surface area contributed by atoms with Gasteiger partial charge in [0.25, 0.3) is 0 Å². The van der Waals surface area contributed by atoms with E-state index in [1.54, 1.807) is 6.07 Å². The molecule has 1 amide bonds. The zero-order valence-electron chi connectivity index (χ0n) is 10.9. The molecular weight excluding hydrogens is 248 g/mol. The van der Waals surface area contributed by atoms with Gasteiger partial charge in [0, 0.05) is 12.6 Å². The zero-order valence-corrected chi connectivity index (χ0v) is 10.9. The van der Waals surface area contributed by atoms with E-state index in [0.717, 1.165) is 6.42 Å². The number of aromatic nitrogens is 1. The number of hydrogen-bond donors (Lipinski definition) is 2. The number of nitrogens with zero attached hydrogens (tertiary/aromatic N) is 1. The van der Waals surface area contributed by atoms with Gasteiger partial charge in [0.15, 0.2) is 17.4 Å². The van der Waals surface area contributed by atoms with E-state index in [9.17, 15) is 9.90 Å². The fraction of sp³-hybridized carbons (Fsp3) is 0.538. The normalized spacial score (nSPS) is 17.3. The second-order valence-corrected chi connectivity index (χ2v) is 4.45. The molecule has 1 saturated heterocycles. The van der Waals surface area contributed by atoms with Crippen molar-refractivity contribution in [1.82, 2.24) is 4.98 Å². The average molecular weight is 266 g/mol. The molecule has 0 unspecified atom stereocenters. The van der Waals surface area contributed by atoms with Crippen molar-refractivity contribution in [3.63, 3.8) is 0 Å². The molecule has 0 radical (unpaired) electrons. The van der Waals surface area contributed by atoms with Crippen molar-refractivity contribution in [2.45, 2.75) is 32.0 Å². The number of amides is 1. The summed E-state index contributed by atoms with van der Waals surface area (Å²) < 4.78 is 11.1. The Bertz CT molecular complexity index is 444. The Hall–Kier alpha value is -1.66. The van der Waals surface area contributed by atoms with E-state index in [4.69, 9.17) is 9.47 Å². The van der Waals surface area contributed by atoms with E-state index in [2.05, 4.69) is 10.3 Å². The number of anilines is 1. The molecule has 1 aromatic heterocycles. The number of carbonyl (C=O) groups is 1. The number of pyridine rings is 1. The van der Waals surface area contributed by atoms with E-state index in [-0.39, 0.29) is 23.9 Å². The first-order chi connectivity index (χ1) is 9.15. The Morgan fingerprint density at radius 3 is 2.89 bits per heavy atom. The lowest BCUT2D eigenvalue weighted by Crippen LogP contribution is -2.35. The van der Waals surface area contributed by atoms with Crippen molar-refractivity contribution in [2.24, 2.45) is 0 Å². The van der Waals surface area contributed by atoms with Crippen LogP contribution >= 0.6 is 0 Å². The summed E-state index contributed by atoms with van der Waals surface area (Å²) in [7, 11) is 0. The summed E-state index contributed by atoms with van der Waals surface area (Å²) in [6.45, 7) is 3.01. The molecule has 104 valence electrons. The minimum Gasteiger partial charge on any atom is -0.504 e. The molecule has 1 aromatic rings. The minimum absolute atomic E-state index is 0.0614. The summed E-state index contributed by atoms with van der Waals surface area (Å²) in [6, 6.07) is 3.06. The van der Waals surface area contributed by atoms with Gasteiger partial charge >= 0.3 is 0 Å². The van der Waals surface area contributed by atoms with Crippen LogP contribution in [0, 0.1) is 0 Å². The van der Waals surface area contributed by atoms with Crippen molar-refractivity contribution < 1.29 is 19.4 Å². The van der Waals surface area contributed by atoms with E-state index in [1.165, 1.54) is 12.3 Å². The van der Waals surface area contributed by atoms with Crippen LogP contribution in [0.3, 0.4) is 0 Å². The summed E-state index contributed by atoms with van der Waals surface area (Å²) in [4.78, 5) is 15.9. The lowest BCUT2D eigenvalue weighted by molar-refractivity contribution is -0.171. The van der Waals surface area contributed by atoms with Crippen molar-refractivity contribution in [2.75, 3.05) is 18.5 Å². The van der Waals surface area contributed by atoms with Gasteiger partial charge in [0.2, 0.25) is 5.91 Å². The Balaban J connectivity index is 1.98. The van der Waals surface area contributed by atoms with Gasteiger partial charge in [-0.05, 0) is 12.1 Å². The number of aromatic hydroxyl groups is 1. The van der Waals surface area contributed by atoms with Gasteiger partial charge in [-0.3, -0.25) is 4.79 Å². The summed E-state index contributed by atoms with van der Waals surface area (Å²) in [5, 5.41) is 12.1. The molecule has 1 fully saturated rings. The third-order valence-corrected chi connectivity index (χ3v) is 2.92. The molecule has 6 nitrogen and oxygen atoms in total. The highest BCUT2D eigenvalue weighted by Crippen LogP contribution is 2.29. The molecule has 2 N–H and O–H groups in total. The fourth-order valence-electron chi connectivity index (χ4n) is 2.13. The monoisotopic (exact) mass is 266 g/mol. The quantitative estimate of drug-likeness (QED) is 0.847. The van der Waals surface area contributed by atoms with Gasteiger partial charge in [0.05, 0.1) is 19.6 Å². The van der Waals surface area contributed by atoms with Crippen molar-refractivity contribution in [3.8, 4) is 5.75 Å². The van der Waals surface area contributed by atoms with Crippen LogP contribution in [0.15, 0.2) is 18.3 Å². The molecule has 0 spiro atoms. The first kappa shape index (κ1) is 13.8. The standard InChI is InChI=1S/C13H18N2O4/c1-2-5-13(18-7-8-19-13)9-11(17)15-12-10(16)4-3-6-14-12/h3-4,6,16H,2,5,7-9H2,1H3,(H,14,15,17). The molecule has 1 aliphatic heterocycles. The number of rotatable bonds is 5. The van der Waals surface area contributed by atoms with Crippen molar-refractivity contribution in [3.05, 3.63) is 18.3 Å². The second kappa shape index (κ2) is 5.99. The lowest BCUT2D eigenvalue weighted by Gasteiger charge is -2.26. The van der Waals surface area contributed by atoms with Gasteiger partial charge < -0.3 is 19.9 Å². The first-order valence-corrected chi connectivity index (χ1v) is 6.37. The van der Waals surface area contributed by atoms with Crippen molar-refractivity contribution in [1.29, 1.82) is 0 Å². The maximum atomic E-state index is 12.0. The predicted molar refractivity (Wildman–Crippen MR) is 68.7 cm³/mol. The Kier molecular flexibility index (Phi) is 4.34. The highest BCUT2D eigenvalue weighted by molar-refractivity contribution is 5.91. The van der Waals surface area contributed by atoms with E-state index in [0.29, 0.717) is 19.6 Å². The van der Waals surface area contributed by atoms with Gasteiger partial charge in [-0.15, -0.1) is 0 Å². The Labute approximate surface area is 111 Å². The van der Waals surface area contributed by atoms with Crippen LogP contribution in [-0.2, 0) is 14.3 Å². The molecule has 0 aromatic carbocycles. The fourth-order valence-corrected chi connectivity index (χ4v) is 2.13. The molecule has 6 heteroatoms. The summed E-state index contributed by atoms with van der Waals surface area (Å²) in [6.07, 6.45) is 3.12. The molecule has 0 atom stereocenters. The predicted octanol–water partition coefficient (Wildman–Crippen LogP) is 1.66. The van der Waals surface area contributed by atoms with Gasteiger partial charge in [-0.25, -0.2) is 4.98 Å². The molecule has 0 aliphatic carbocycles. The van der Waals surface area contributed by atoms with Crippen LogP contribution in [-0.4, -0.2) is 35.0 Å². The Morgan fingerprint density at radius 1 is 1.53 bits per heavy atom. The Morgan fingerprint density at radius 2 is 2.26 bits per heavy atom.